The van der Waals surface area contributed by atoms with Gasteiger partial charge in [-0.15, -0.1) is 5.10 Å². The molecule has 13 heteroatoms. The second-order valence-electron chi connectivity index (χ2n) is 9.89. The predicted molar refractivity (Wildman–Crippen MR) is 124 cm³/mol. The van der Waals surface area contributed by atoms with E-state index in [1.807, 2.05) is 0 Å². The Kier molecular flexibility index (Phi) is 7.56. The summed E-state index contributed by atoms with van der Waals surface area (Å²) in [4.78, 5) is 0. The summed E-state index contributed by atoms with van der Waals surface area (Å²) in [5, 5.41) is 43.9. The van der Waals surface area contributed by atoms with Crippen LogP contribution in [0.5, 0.6) is 0 Å². The van der Waals surface area contributed by atoms with Gasteiger partial charge in [0.2, 0.25) is 0 Å². The highest BCUT2D eigenvalue weighted by molar-refractivity contribution is 5.57. The monoisotopic (exact) mass is 538 g/mol. The normalized spacial score (nSPS) is 27.5. The molecule has 2 aliphatic rings. The van der Waals surface area contributed by atoms with Crippen molar-refractivity contribution in [1.82, 2.24) is 20.2 Å². The van der Waals surface area contributed by atoms with Crippen LogP contribution in [0.15, 0.2) is 28.9 Å². The van der Waals surface area contributed by atoms with Crippen LogP contribution in [-0.2, 0) is 21.5 Å². The fourth-order valence-electron chi connectivity index (χ4n) is 5.40. The summed E-state index contributed by atoms with van der Waals surface area (Å²) < 4.78 is 59.3. The standard InChI is InChI=1S/C25H29F3N4O6/c1-36-24-18(9-14-10-20(38-30-14)25(35)5-3-2-4-6-25)37-19(12-33)23(34)22(24)32-11-17(29-31-32)13-7-15(26)21(28)16(27)8-13/h7-8,10-11,18-19,22-24,33-35H,2-6,9,12H2,1H3/t18-,19-,22+,23+,24+/m1/s1. The first kappa shape index (κ1) is 26.8. The van der Waals surface area contributed by atoms with E-state index in [9.17, 15) is 28.5 Å². The zero-order valence-corrected chi connectivity index (χ0v) is 20.6. The molecule has 0 unspecified atom stereocenters. The van der Waals surface area contributed by atoms with Crippen LogP contribution >= 0.6 is 0 Å². The minimum absolute atomic E-state index is 0.0373. The maximum absolute atomic E-state index is 13.8. The Morgan fingerprint density at radius 3 is 2.47 bits per heavy atom. The molecule has 0 spiro atoms. The molecule has 5 atom stereocenters. The first-order valence-corrected chi connectivity index (χ1v) is 12.5. The highest BCUT2D eigenvalue weighted by atomic mass is 19.2. The van der Waals surface area contributed by atoms with E-state index in [4.69, 9.17) is 14.0 Å². The van der Waals surface area contributed by atoms with Crippen LogP contribution in [-0.4, -0.2) is 73.6 Å². The van der Waals surface area contributed by atoms with Gasteiger partial charge in [-0.25, -0.2) is 17.9 Å². The number of benzene rings is 1. The Bertz CT molecular complexity index is 1240. The number of aliphatic hydroxyl groups excluding tert-OH is 2. The second-order valence-corrected chi connectivity index (χ2v) is 9.89. The first-order chi connectivity index (χ1) is 18.2. The fourth-order valence-corrected chi connectivity index (χ4v) is 5.40. The van der Waals surface area contributed by atoms with Crippen molar-refractivity contribution < 1.29 is 42.5 Å². The van der Waals surface area contributed by atoms with E-state index in [2.05, 4.69) is 15.5 Å². The van der Waals surface area contributed by atoms with Gasteiger partial charge in [-0.2, -0.15) is 0 Å². The average Bonchev–Trinajstić information content (AvgIpc) is 3.58. The van der Waals surface area contributed by atoms with Gasteiger partial charge in [0.15, 0.2) is 23.2 Å². The van der Waals surface area contributed by atoms with Crippen LogP contribution in [0.25, 0.3) is 11.3 Å². The Morgan fingerprint density at radius 2 is 1.82 bits per heavy atom. The fraction of sp³-hybridized carbons (Fsp3) is 0.560. The lowest BCUT2D eigenvalue weighted by Crippen LogP contribution is -2.57. The molecule has 1 aliphatic carbocycles. The van der Waals surface area contributed by atoms with Crippen molar-refractivity contribution in [3.63, 3.8) is 0 Å². The number of aliphatic hydroxyl groups is 3. The lowest BCUT2D eigenvalue weighted by Gasteiger charge is -2.43. The maximum Gasteiger partial charge on any atom is 0.194 e. The quantitative estimate of drug-likeness (QED) is 0.388. The number of ether oxygens (including phenoxy) is 2. The van der Waals surface area contributed by atoms with Gasteiger partial charge in [0, 0.05) is 25.2 Å². The molecule has 38 heavy (non-hydrogen) atoms. The molecule has 206 valence electrons. The number of rotatable bonds is 7. The first-order valence-electron chi connectivity index (χ1n) is 12.5. The smallest absolute Gasteiger partial charge is 0.194 e. The van der Waals surface area contributed by atoms with Crippen molar-refractivity contribution in [2.24, 2.45) is 0 Å². The molecule has 1 saturated heterocycles. The van der Waals surface area contributed by atoms with Crippen LogP contribution in [0.2, 0.25) is 0 Å². The summed E-state index contributed by atoms with van der Waals surface area (Å²) in [6.07, 6.45) is 1.67. The Labute approximate surface area is 216 Å². The third kappa shape index (κ3) is 4.96. The van der Waals surface area contributed by atoms with Gasteiger partial charge in [-0.3, -0.25) is 0 Å². The molecule has 5 rings (SSSR count). The highest BCUT2D eigenvalue weighted by Gasteiger charge is 2.47. The molecule has 0 bridgehead atoms. The number of nitrogens with zero attached hydrogens (tertiary/aromatic N) is 4. The SMILES string of the molecule is CO[C@@H]1[C@@H](n2cc(-c3cc(F)c(F)c(F)c3)nn2)[C@@H](O)[C@@H](CO)O[C@@H]1Cc1cc(C2(O)CCCCC2)on1. The van der Waals surface area contributed by atoms with Crippen molar-refractivity contribution in [2.75, 3.05) is 13.7 Å². The van der Waals surface area contributed by atoms with Crippen molar-refractivity contribution >= 4 is 0 Å². The van der Waals surface area contributed by atoms with E-state index in [0.29, 0.717) is 24.3 Å². The molecule has 1 aromatic carbocycles. The van der Waals surface area contributed by atoms with E-state index in [1.165, 1.54) is 18.0 Å². The van der Waals surface area contributed by atoms with Gasteiger partial charge in [0.25, 0.3) is 0 Å². The van der Waals surface area contributed by atoms with E-state index < -0.39 is 60.1 Å². The van der Waals surface area contributed by atoms with Crippen LogP contribution in [0.1, 0.15) is 49.6 Å². The lowest BCUT2D eigenvalue weighted by atomic mass is 9.83. The van der Waals surface area contributed by atoms with Gasteiger partial charge < -0.3 is 29.3 Å². The zero-order valence-electron chi connectivity index (χ0n) is 20.6. The summed E-state index contributed by atoms with van der Waals surface area (Å²) in [5.41, 5.74) is -0.584. The van der Waals surface area contributed by atoms with E-state index >= 15 is 0 Å². The van der Waals surface area contributed by atoms with Crippen molar-refractivity contribution in [3.05, 3.63) is 53.3 Å². The Hall–Kier alpha value is -2.84. The topological polar surface area (TPSA) is 136 Å². The Balaban J connectivity index is 1.41. The summed E-state index contributed by atoms with van der Waals surface area (Å²) >= 11 is 0. The van der Waals surface area contributed by atoms with Crippen molar-refractivity contribution in [1.29, 1.82) is 0 Å². The van der Waals surface area contributed by atoms with Crippen molar-refractivity contribution in [2.45, 2.75) is 74.6 Å². The van der Waals surface area contributed by atoms with Crippen molar-refractivity contribution in [3.8, 4) is 11.3 Å². The minimum atomic E-state index is -1.60. The molecule has 0 amide bonds. The van der Waals surface area contributed by atoms with Crippen LogP contribution < -0.4 is 0 Å². The summed E-state index contributed by atoms with van der Waals surface area (Å²) in [6.45, 7) is -0.510. The molecule has 1 aliphatic heterocycles. The van der Waals surface area contributed by atoms with E-state index in [0.717, 1.165) is 31.4 Å². The van der Waals surface area contributed by atoms with Gasteiger partial charge in [-0.05, 0) is 25.0 Å². The predicted octanol–water partition coefficient (Wildman–Crippen LogP) is 2.42. The number of halogens is 3. The maximum atomic E-state index is 13.8. The van der Waals surface area contributed by atoms with Gasteiger partial charge in [-0.1, -0.05) is 29.6 Å². The van der Waals surface area contributed by atoms with Crippen LogP contribution in [0.3, 0.4) is 0 Å². The molecule has 0 radical (unpaired) electrons. The number of aromatic nitrogens is 4. The summed E-state index contributed by atoms with van der Waals surface area (Å²) in [7, 11) is 1.42. The molecule has 2 aromatic heterocycles. The lowest BCUT2D eigenvalue weighted by molar-refractivity contribution is -0.212. The highest BCUT2D eigenvalue weighted by Crippen LogP contribution is 2.38. The molecular weight excluding hydrogens is 509 g/mol. The molecule has 3 aromatic rings. The summed E-state index contributed by atoms with van der Waals surface area (Å²) in [5.74, 6) is -3.96. The number of methoxy groups -OCH3 is 1. The van der Waals surface area contributed by atoms with E-state index in [1.54, 1.807) is 6.07 Å². The molecule has 2 fully saturated rings. The van der Waals surface area contributed by atoms with Gasteiger partial charge >= 0.3 is 0 Å². The Morgan fingerprint density at radius 1 is 1.11 bits per heavy atom. The molecule has 10 nitrogen and oxygen atoms in total. The molecule has 3 heterocycles. The van der Waals surface area contributed by atoms with Gasteiger partial charge in [0.1, 0.15) is 35.6 Å². The molecular formula is C25H29F3N4O6. The average molecular weight is 539 g/mol. The second kappa shape index (κ2) is 10.7. The summed E-state index contributed by atoms with van der Waals surface area (Å²) in [6, 6.07) is 2.35. The van der Waals surface area contributed by atoms with Crippen LogP contribution in [0, 0.1) is 17.5 Å². The third-order valence-corrected chi connectivity index (χ3v) is 7.44. The minimum Gasteiger partial charge on any atom is -0.394 e. The number of hydrogen-bond donors (Lipinski definition) is 3. The molecule has 3 N–H and O–H groups in total. The van der Waals surface area contributed by atoms with Crippen LogP contribution in [0.4, 0.5) is 13.2 Å². The largest absolute Gasteiger partial charge is 0.394 e. The molecule has 1 saturated carbocycles. The van der Waals surface area contributed by atoms with E-state index in [-0.39, 0.29) is 17.7 Å². The third-order valence-electron chi connectivity index (χ3n) is 7.44. The zero-order chi connectivity index (χ0) is 27.0. The van der Waals surface area contributed by atoms with Gasteiger partial charge in [0.05, 0.1) is 24.6 Å². The number of hydrogen-bond acceptors (Lipinski definition) is 9.